The lowest BCUT2D eigenvalue weighted by atomic mass is 10.2. The highest BCUT2D eigenvalue weighted by molar-refractivity contribution is 5.92. The Morgan fingerprint density at radius 2 is 2.05 bits per heavy atom. The molecular weight excluding hydrogens is 258 g/mol. The molecule has 0 aliphatic heterocycles. The van der Waals surface area contributed by atoms with Crippen molar-refractivity contribution >= 4 is 17.5 Å². The molecule has 0 atom stereocenters. The monoisotopic (exact) mass is 279 g/mol. The second kappa shape index (κ2) is 8.11. The van der Waals surface area contributed by atoms with E-state index in [-0.39, 0.29) is 30.5 Å². The Balaban J connectivity index is 2.30. The van der Waals surface area contributed by atoms with Crippen LogP contribution in [-0.2, 0) is 4.79 Å². The minimum Gasteiger partial charge on any atom is -0.356 e. The third-order valence-electron chi connectivity index (χ3n) is 2.51. The number of nitrogens with one attached hydrogen (secondary N) is 3. The molecule has 0 bridgehead atoms. The summed E-state index contributed by atoms with van der Waals surface area (Å²) in [6, 6.07) is 3.21. The molecule has 0 aliphatic carbocycles. The van der Waals surface area contributed by atoms with E-state index < -0.39 is 0 Å². The van der Waals surface area contributed by atoms with E-state index in [2.05, 4.69) is 21.0 Å². The van der Waals surface area contributed by atoms with Gasteiger partial charge < -0.3 is 16.1 Å². The van der Waals surface area contributed by atoms with Gasteiger partial charge in [-0.15, -0.1) is 0 Å². The number of carbonyl (C=O) groups excluding carboxylic acids is 2. The lowest BCUT2D eigenvalue weighted by molar-refractivity contribution is -0.121. The fourth-order valence-corrected chi connectivity index (χ4v) is 1.40. The number of nitrogen functional groups attached to an aromatic ring is 1. The van der Waals surface area contributed by atoms with Crippen molar-refractivity contribution in [2.75, 3.05) is 18.5 Å². The molecule has 0 spiro atoms. The maximum absolute atomic E-state index is 11.7. The maximum atomic E-state index is 11.7. The average Bonchev–Trinajstić information content (AvgIpc) is 2.45. The van der Waals surface area contributed by atoms with Crippen molar-refractivity contribution in [1.29, 1.82) is 0 Å². The first-order valence-corrected chi connectivity index (χ1v) is 6.50. The van der Waals surface area contributed by atoms with Gasteiger partial charge in [0.25, 0.3) is 5.91 Å². The van der Waals surface area contributed by atoms with E-state index in [0.29, 0.717) is 18.2 Å². The highest BCUT2D eigenvalue weighted by atomic mass is 16.2. The molecule has 5 N–H and O–H groups in total. The summed E-state index contributed by atoms with van der Waals surface area (Å²) in [6.45, 7) is 4.96. The quantitative estimate of drug-likeness (QED) is 0.423. The summed E-state index contributed by atoms with van der Waals surface area (Å²) in [7, 11) is 0. The minimum atomic E-state index is -0.315. The Bertz CT molecular complexity index is 445. The average molecular weight is 279 g/mol. The van der Waals surface area contributed by atoms with Crippen LogP contribution in [0.1, 0.15) is 30.8 Å². The van der Waals surface area contributed by atoms with Gasteiger partial charge in [0.05, 0.1) is 11.9 Å². The van der Waals surface area contributed by atoms with Crippen molar-refractivity contribution in [3.05, 3.63) is 24.0 Å². The van der Waals surface area contributed by atoms with Gasteiger partial charge in [-0.25, -0.2) is 4.98 Å². The minimum absolute atomic E-state index is 0.0744. The van der Waals surface area contributed by atoms with Gasteiger partial charge >= 0.3 is 0 Å². The number of anilines is 1. The van der Waals surface area contributed by atoms with Crippen molar-refractivity contribution in [3.63, 3.8) is 0 Å². The molecule has 110 valence electrons. The Morgan fingerprint density at radius 1 is 1.30 bits per heavy atom. The predicted molar refractivity (Wildman–Crippen MR) is 76.8 cm³/mol. The second-order valence-electron chi connectivity index (χ2n) is 4.78. The molecule has 1 aromatic heterocycles. The smallest absolute Gasteiger partial charge is 0.269 e. The number of nitrogens with zero attached hydrogens (tertiary/aromatic N) is 1. The van der Waals surface area contributed by atoms with Crippen LogP contribution >= 0.6 is 0 Å². The highest BCUT2D eigenvalue weighted by Gasteiger charge is 2.08. The summed E-state index contributed by atoms with van der Waals surface area (Å²) in [4.78, 5) is 27.1. The Hall–Kier alpha value is -2.15. The Kier molecular flexibility index (Phi) is 6.45. The molecule has 7 nitrogen and oxygen atoms in total. The first-order valence-electron chi connectivity index (χ1n) is 6.50. The van der Waals surface area contributed by atoms with Gasteiger partial charge in [-0.1, -0.05) is 13.8 Å². The summed E-state index contributed by atoms with van der Waals surface area (Å²) < 4.78 is 0. The van der Waals surface area contributed by atoms with Crippen LogP contribution in [0.25, 0.3) is 0 Å². The molecule has 1 heterocycles. The van der Waals surface area contributed by atoms with Crippen molar-refractivity contribution in [2.24, 2.45) is 11.8 Å². The van der Waals surface area contributed by atoms with Crippen LogP contribution in [0.4, 0.5) is 5.69 Å². The van der Waals surface area contributed by atoms with Gasteiger partial charge in [0.1, 0.15) is 5.69 Å². The van der Waals surface area contributed by atoms with E-state index >= 15 is 0 Å². The molecule has 1 aromatic rings. The first kappa shape index (κ1) is 15.9. The topological polar surface area (TPSA) is 109 Å². The largest absolute Gasteiger partial charge is 0.356 e. The zero-order valence-electron chi connectivity index (χ0n) is 11.8. The van der Waals surface area contributed by atoms with Gasteiger partial charge in [0, 0.05) is 19.5 Å². The normalized spacial score (nSPS) is 10.2. The van der Waals surface area contributed by atoms with Crippen LogP contribution in [-0.4, -0.2) is 29.9 Å². The molecule has 1 rings (SSSR count). The number of hydrogen-bond acceptors (Lipinski definition) is 5. The van der Waals surface area contributed by atoms with Gasteiger partial charge in [0.2, 0.25) is 5.91 Å². The molecule has 7 heteroatoms. The van der Waals surface area contributed by atoms with Crippen molar-refractivity contribution in [3.8, 4) is 0 Å². The third kappa shape index (κ3) is 5.66. The molecule has 20 heavy (non-hydrogen) atoms. The van der Waals surface area contributed by atoms with Crippen LogP contribution in [0.5, 0.6) is 0 Å². The maximum Gasteiger partial charge on any atom is 0.269 e. The van der Waals surface area contributed by atoms with Gasteiger partial charge in [-0.05, 0) is 18.1 Å². The molecule has 0 unspecified atom stereocenters. The number of nitrogens with two attached hydrogens (primary N) is 1. The van der Waals surface area contributed by atoms with Crippen molar-refractivity contribution < 1.29 is 9.59 Å². The SMILES string of the molecule is CC(C)CNC(=O)CCNC(=O)c1ccc(NN)cn1. The first-order chi connectivity index (χ1) is 9.52. The van der Waals surface area contributed by atoms with E-state index in [4.69, 9.17) is 5.84 Å². The van der Waals surface area contributed by atoms with Gasteiger partial charge in [-0.3, -0.25) is 15.4 Å². The second-order valence-corrected chi connectivity index (χ2v) is 4.78. The van der Waals surface area contributed by atoms with Crippen LogP contribution in [0, 0.1) is 5.92 Å². The summed E-state index contributed by atoms with van der Waals surface area (Å²) in [5.74, 6) is 5.22. The van der Waals surface area contributed by atoms with E-state index in [1.54, 1.807) is 12.1 Å². The zero-order valence-corrected chi connectivity index (χ0v) is 11.8. The number of amides is 2. The van der Waals surface area contributed by atoms with E-state index in [1.807, 2.05) is 13.8 Å². The van der Waals surface area contributed by atoms with Crippen LogP contribution < -0.4 is 21.9 Å². The highest BCUT2D eigenvalue weighted by Crippen LogP contribution is 2.03. The Morgan fingerprint density at radius 3 is 2.60 bits per heavy atom. The number of hydrogen-bond donors (Lipinski definition) is 4. The number of rotatable bonds is 7. The molecule has 2 amide bonds. The molecule has 0 radical (unpaired) electrons. The summed E-state index contributed by atoms with van der Waals surface area (Å²) >= 11 is 0. The molecule has 0 fully saturated rings. The molecular formula is C13H21N5O2. The molecule has 0 saturated carbocycles. The lowest BCUT2D eigenvalue weighted by Gasteiger charge is -2.08. The number of aromatic nitrogens is 1. The van der Waals surface area contributed by atoms with Crippen LogP contribution in [0.2, 0.25) is 0 Å². The van der Waals surface area contributed by atoms with E-state index in [1.165, 1.54) is 6.20 Å². The summed E-state index contributed by atoms with van der Waals surface area (Å²) in [6.07, 6.45) is 1.71. The van der Waals surface area contributed by atoms with Crippen molar-refractivity contribution in [1.82, 2.24) is 15.6 Å². The van der Waals surface area contributed by atoms with Gasteiger partial charge in [0.15, 0.2) is 0 Å². The van der Waals surface area contributed by atoms with E-state index in [9.17, 15) is 9.59 Å². The van der Waals surface area contributed by atoms with E-state index in [0.717, 1.165) is 0 Å². The number of carbonyl (C=O) groups is 2. The fraction of sp³-hybridized carbons (Fsp3) is 0.462. The Labute approximate surface area is 118 Å². The summed E-state index contributed by atoms with van der Waals surface area (Å²) in [5.41, 5.74) is 3.33. The molecule has 0 aliphatic rings. The lowest BCUT2D eigenvalue weighted by Crippen LogP contribution is -2.32. The molecule has 0 saturated heterocycles. The number of hydrazine groups is 1. The molecule has 0 aromatic carbocycles. The van der Waals surface area contributed by atoms with Gasteiger partial charge in [-0.2, -0.15) is 0 Å². The standard InChI is InChI=1S/C13H21N5O2/c1-9(2)7-17-12(19)5-6-15-13(20)11-4-3-10(18-14)8-16-11/h3-4,8-9,18H,5-7,14H2,1-2H3,(H,15,20)(H,17,19). The van der Waals surface area contributed by atoms with Crippen LogP contribution in [0.15, 0.2) is 18.3 Å². The predicted octanol–water partition coefficient (Wildman–Crippen LogP) is 0.259. The zero-order chi connectivity index (χ0) is 15.0. The fourth-order valence-electron chi connectivity index (χ4n) is 1.40. The summed E-state index contributed by atoms with van der Waals surface area (Å²) in [5, 5.41) is 5.42. The van der Waals surface area contributed by atoms with Crippen LogP contribution in [0.3, 0.4) is 0 Å². The van der Waals surface area contributed by atoms with Crippen molar-refractivity contribution in [2.45, 2.75) is 20.3 Å². The number of pyridine rings is 1. The third-order valence-corrected chi connectivity index (χ3v) is 2.51.